The van der Waals surface area contributed by atoms with Gasteiger partial charge >= 0.3 is 5.97 Å². The average molecular weight is 460 g/mol. The van der Waals surface area contributed by atoms with Gasteiger partial charge in [-0.15, -0.1) is 0 Å². The van der Waals surface area contributed by atoms with Crippen LogP contribution in [-0.2, 0) is 20.9 Å². The summed E-state index contributed by atoms with van der Waals surface area (Å²) in [4.78, 5) is 48.8. The number of nitrogens with two attached hydrogens (primary N) is 1. The topological polar surface area (TPSA) is 138 Å². The summed E-state index contributed by atoms with van der Waals surface area (Å²) >= 11 is 0.783. The molecule has 1 aromatic heterocycles. The first kappa shape index (κ1) is 22.9. The van der Waals surface area contributed by atoms with E-state index in [0.29, 0.717) is 23.7 Å². The summed E-state index contributed by atoms with van der Waals surface area (Å²) in [7, 11) is 1.22. The van der Waals surface area contributed by atoms with Crippen LogP contribution in [-0.4, -0.2) is 48.2 Å². The molecule has 1 fully saturated rings. The SMILES string of the molecule is CCOc1cc(/C=C2/SC(=O)N(Cc3ccc(C(=O)OC)o3)C2=O)ccc1OCC(N)=O. The van der Waals surface area contributed by atoms with Gasteiger partial charge in [0, 0.05) is 0 Å². The first-order chi connectivity index (χ1) is 15.3. The summed E-state index contributed by atoms with van der Waals surface area (Å²) in [6.07, 6.45) is 1.55. The summed E-state index contributed by atoms with van der Waals surface area (Å²) < 4.78 is 20.8. The fourth-order valence-electron chi connectivity index (χ4n) is 2.77. The molecule has 2 heterocycles. The second kappa shape index (κ2) is 10.1. The summed E-state index contributed by atoms with van der Waals surface area (Å²) in [6.45, 7) is 1.71. The Bertz CT molecular complexity index is 1090. The molecule has 0 atom stereocenters. The van der Waals surface area contributed by atoms with Crippen LogP contribution in [0.1, 0.15) is 28.8 Å². The van der Waals surface area contributed by atoms with Gasteiger partial charge in [-0.3, -0.25) is 19.3 Å². The Morgan fingerprint density at radius 3 is 2.62 bits per heavy atom. The first-order valence-electron chi connectivity index (χ1n) is 9.42. The van der Waals surface area contributed by atoms with Crippen LogP contribution < -0.4 is 15.2 Å². The van der Waals surface area contributed by atoms with Gasteiger partial charge in [0.25, 0.3) is 17.1 Å². The minimum Gasteiger partial charge on any atom is -0.490 e. The van der Waals surface area contributed by atoms with E-state index < -0.39 is 23.0 Å². The van der Waals surface area contributed by atoms with Crippen LogP contribution in [0.5, 0.6) is 11.5 Å². The number of rotatable bonds is 9. The third-order valence-electron chi connectivity index (χ3n) is 4.17. The third-order valence-corrected chi connectivity index (χ3v) is 5.08. The molecule has 2 N–H and O–H groups in total. The largest absolute Gasteiger partial charge is 0.490 e. The van der Waals surface area contributed by atoms with E-state index in [0.717, 1.165) is 16.7 Å². The van der Waals surface area contributed by atoms with Gasteiger partial charge in [-0.1, -0.05) is 6.07 Å². The van der Waals surface area contributed by atoms with Crippen LogP contribution >= 0.6 is 11.8 Å². The number of hydrogen-bond acceptors (Lipinski definition) is 9. The molecule has 11 heteroatoms. The Kier molecular flexibility index (Phi) is 7.21. The molecule has 0 bridgehead atoms. The lowest BCUT2D eigenvalue weighted by molar-refractivity contribution is -0.123. The van der Waals surface area contributed by atoms with Crippen molar-refractivity contribution in [3.05, 3.63) is 52.3 Å². The summed E-state index contributed by atoms with van der Waals surface area (Å²) in [5.74, 6) is -0.833. The van der Waals surface area contributed by atoms with Crippen LogP contribution in [0.4, 0.5) is 4.79 Å². The maximum Gasteiger partial charge on any atom is 0.373 e. The number of ether oxygens (including phenoxy) is 3. The van der Waals surface area contributed by atoms with Gasteiger partial charge in [0.15, 0.2) is 18.1 Å². The van der Waals surface area contributed by atoms with Crippen molar-refractivity contribution in [2.45, 2.75) is 13.5 Å². The number of imide groups is 1. The number of methoxy groups -OCH3 is 1. The standard InChI is InChI=1S/C21H20N2O8S/c1-3-29-16-8-12(4-6-14(16)30-11-18(22)24)9-17-19(25)23(21(27)32-17)10-13-5-7-15(31-13)20(26)28-2/h4-9H,3,10-11H2,1-2H3,(H2,22,24)/b17-9+. The zero-order valence-corrected chi connectivity index (χ0v) is 18.1. The van der Waals surface area contributed by atoms with Crippen molar-refractivity contribution in [1.29, 1.82) is 0 Å². The van der Waals surface area contributed by atoms with Crippen LogP contribution in [0.3, 0.4) is 0 Å². The third kappa shape index (κ3) is 5.30. The molecule has 3 rings (SSSR count). The van der Waals surface area contributed by atoms with Crippen molar-refractivity contribution in [2.24, 2.45) is 5.73 Å². The van der Waals surface area contributed by atoms with E-state index in [4.69, 9.17) is 19.6 Å². The van der Waals surface area contributed by atoms with Gasteiger partial charge in [-0.2, -0.15) is 0 Å². The van der Waals surface area contributed by atoms with Crippen molar-refractivity contribution in [3.8, 4) is 11.5 Å². The van der Waals surface area contributed by atoms with Gasteiger partial charge < -0.3 is 24.4 Å². The van der Waals surface area contributed by atoms with Crippen molar-refractivity contribution in [3.63, 3.8) is 0 Å². The molecule has 1 saturated heterocycles. The summed E-state index contributed by atoms with van der Waals surface area (Å²) in [5, 5.41) is -0.469. The lowest BCUT2D eigenvalue weighted by Gasteiger charge is -2.12. The number of benzene rings is 1. The second-order valence-corrected chi connectivity index (χ2v) is 7.41. The molecule has 1 aromatic carbocycles. The Morgan fingerprint density at radius 1 is 1.16 bits per heavy atom. The molecule has 0 aliphatic carbocycles. The molecule has 1 aliphatic rings. The number of amides is 3. The molecule has 1 aliphatic heterocycles. The van der Waals surface area contributed by atoms with E-state index in [1.807, 2.05) is 0 Å². The number of thioether (sulfide) groups is 1. The molecule has 168 valence electrons. The number of hydrogen-bond donors (Lipinski definition) is 1. The van der Waals surface area contributed by atoms with Crippen LogP contribution in [0, 0.1) is 0 Å². The van der Waals surface area contributed by atoms with Crippen LogP contribution in [0.2, 0.25) is 0 Å². The lowest BCUT2D eigenvalue weighted by atomic mass is 10.2. The highest BCUT2D eigenvalue weighted by molar-refractivity contribution is 8.18. The van der Waals surface area contributed by atoms with Gasteiger partial charge in [0.2, 0.25) is 5.76 Å². The quantitative estimate of drug-likeness (QED) is 0.442. The van der Waals surface area contributed by atoms with Crippen molar-refractivity contribution >= 4 is 40.9 Å². The highest BCUT2D eigenvalue weighted by Gasteiger charge is 2.35. The maximum atomic E-state index is 12.8. The average Bonchev–Trinajstić information content (AvgIpc) is 3.33. The van der Waals surface area contributed by atoms with E-state index in [2.05, 4.69) is 4.74 Å². The molecular formula is C21H20N2O8S. The van der Waals surface area contributed by atoms with Gasteiger partial charge in [-0.25, -0.2) is 4.79 Å². The normalized spacial score (nSPS) is 14.7. The smallest absolute Gasteiger partial charge is 0.373 e. The number of primary amides is 1. The van der Waals surface area contributed by atoms with Crippen molar-refractivity contribution in [1.82, 2.24) is 4.90 Å². The Labute approximate surface area is 187 Å². The molecule has 0 spiro atoms. The number of furan rings is 1. The van der Waals surface area contributed by atoms with E-state index in [9.17, 15) is 19.2 Å². The molecule has 2 aromatic rings. The highest BCUT2D eigenvalue weighted by Crippen LogP contribution is 2.35. The summed E-state index contributed by atoms with van der Waals surface area (Å²) in [5.41, 5.74) is 5.70. The highest BCUT2D eigenvalue weighted by atomic mass is 32.2. The number of carbonyl (C=O) groups excluding carboxylic acids is 4. The molecule has 3 amide bonds. The van der Waals surface area contributed by atoms with E-state index >= 15 is 0 Å². The van der Waals surface area contributed by atoms with Crippen molar-refractivity contribution < 1.29 is 37.8 Å². The van der Waals surface area contributed by atoms with Gasteiger partial charge in [0.05, 0.1) is 25.2 Å². The maximum absolute atomic E-state index is 12.8. The number of carbonyl (C=O) groups is 4. The zero-order chi connectivity index (χ0) is 23.3. The molecule has 32 heavy (non-hydrogen) atoms. The Hall–Kier alpha value is -3.73. The molecule has 0 radical (unpaired) electrons. The fourth-order valence-corrected chi connectivity index (χ4v) is 3.61. The number of esters is 1. The van der Waals surface area contributed by atoms with E-state index in [1.54, 1.807) is 31.2 Å². The van der Waals surface area contributed by atoms with Crippen LogP contribution in [0.15, 0.2) is 39.7 Å². The fraction of sp³-hybridized carbons (Fsp3) is 0.238. The second-order valence-electron chi connectivity index (χ2n) is 6.42. The molecule has 10 nitrogen and oxygen atoms in total. The zero-order valence-electron chi connectivity index (χ0n) is 17.3. The predicted molar refractivity (Wildman–Crippen MR) is 114 cm³/mol. The van der Waals surface area contributed by atoms with Gasteiger partial charge in [-0.05, 0) is 54.6 Å². The van der Waals surface area contributed by atoms with Gasteiger partial charge in [0.1, 0.15) is 5.76 Å². The minimum atomic E-state index is -0.654. The monoisotopic (exact) mass is 460 g/mol. The summed E-state index contributed by atoms with van der Waals surface area (Å²) in [6, 6.07) is 7.78. The Morgan fingerprint density at radius 2 is 1.94 bits per heavy atom. The van der Waals surface area contributed by atoms with E-state index in [-0.39, 0.29) is 29.6 Å². The van der Waals surface area contributed by atoms with Crippen molar-refractivity contribution in [2.75, 3.05) is 20.3 Å². The van der Waals surface area contributed by atoms with Crippen LogP contribution in [0.25, 0.3) is 6.08 Å². The predicted octanol–water partition coefficient (Wildman–Crippen LogP) is 2.57. The van der Waals surface area contributed by atoms with E-state index in [1.165, 1.54) is 19.2 Å². The lowest BCUT2D eigenvalue weighted by Crippen LogP contribution is -2.27. The minimum absolute atomic E-state index is 0.0212. The molecule has 0 unspecified atom stereocenters. The number of nitrogens with zero attached hydrogens (tertiary/aromatic N) is 1. The molecular weight excluding hydrogens is 440 g/mol. The first-order valence-corrected chi connectivity index (χ1v) is 10.2. The molecule has 0 saturated carbocycles. The Balaban J connectivity index is 1.77.